The normalized spacial score (nSPS) is 18.2. The minimum absolute atomic E-state index is 0.0424. The van der Waals surface area contributed by atoms with Gasteiger partial charge in [0.05, 0.1) is 5.69 Å². The zero-order valence-corrected chi connectivity index (χ0v) is 19.6. The van der Waals surface area contributed by atoms with Crippen LogP contribution in [-0.2, 0) is 11.3 Å². The van der Waals surface area contributed by atoms with Gasteiger partial charge in [0.25, 0.3) is 11.6 Å². The number of para-hydroxylation sites is 2. The Kier molecular flexibility index (Phi) is 5.54. The van der Waals surface area contributed by atoms with E-state index in [-0.39, 0.29) is 17.4 Å². The second-order valence-corrected chi connectivity index (χ2v) is 9.84. The van der Waals surface area contributed by atoms with Gasteiger partial charge in [0.15, 0.2) is 10.5 Å². The molecule has 5 heterocycles. The number of nitrogens with zero attached hydrogens (tertiary/aromatic N) is 6. The highest BCUT2D eigenvalue weighted by molar-refractivity contribution is 7.15. The second kappa shape index (κ2) is 8.84. The zero-order chi connectivity index (χ0) is 23.1. The van der Waals surface area contributed by atoms with Crippen LogP contribution >= 0.6 is 11.3 Å². The first-order chi connectivity index (χ1) is 16.6. The van der Waals surface area contributed by atoms with Gasteiger partial charge in [-0.1, -0.05) is 12.1 Å². The van der Waals surface area contributed by atoms with Crippen molar-refractivity contribution >= 4 is 39.3 Å². The van der Waals surface area contributed by atoms with Gasteiger partial charge in [0.1, 0.15) is 5.52 Å². The van der Waals surface area contributed by atoms with E-state index in [2.05, 4.69) is 19.8 Å². The summed E-state index contributed by atoms with van der Waals surface area (Å²) in [5, 5.41) is 1.87. The van der Waals surface area contributed by atoms with E-state index in [1.165, 1.54) is 11.3 Å². The smallest absolute Gasteiger partial charge is 0.298 e. The van der Waals surface area contributed by atoms with Crippen LogP contribution in [0.25, 0.3) is 16.1 Å². The molecule has 2 saturated heterocycles. The number of amides is 1. The fourth-order valence-electron chi connectivity index (χ4n) is 4.90. The van der Waals surface area contributed by atoms with E-state index in [9.17, 15) is 9.59 Å². The van der Waals surface area contributed by atoms with Gasteiger partial charge in [-0.3, -0.25) is 18.9 Å². The largest absolute Gasteiger partial charge is 0.423 e. The number of hydrogen-bond acceptors (Lipinski definition) is 8. The molecular weight excluding hydrogens is 452 g/mol. The summed E-state index contributed by atoms with van der Waals surface area (Å²) in [6.07, 6.45) is 3.38. The molecule has 0 atom stereocenters. The third-order valence-electron chi connectivity index (χ3n) is 6.82. The number of carbonyl (C=O) groups is 1. The third-order valence-corrected chi connectivity index (χ3v) is 7.58. The Labute approximate surface area is 200 Å². The van der Waals surface area contributed by atoms with Crippen molar-refractivity contribution in [3.05, 3.63) is 58.0 Å². The highest BCUT2D eigenvalue weighted by Gasteiger charge is 2.31. The molecule has 0 bridgehead atoms. The minimum Gasteiger partial charge on any atom is -0.423 e. The molecule has 3 aromatic heterocycles. The Morgan fingerprint density at radius 3 is 2.65 bits per heavy atom. The van der Waals surface area contributed by atoms with E-state index in [1.807, 2.05) is 34.5 Å². The Balaban J connectivity index is 1.02. The maximum atomic E-state index is 13.2. The molecule has 0 spiro atoms. The molecule has 0 saturated carbocycles. The molecule has 0 unspecified atom stereocenters. The number of aromatic nitrogens is 3. The van der Waals surface area contributed by atoms with E-state index in [0.717, 1.165) is 60.8 Å². The first-order valence-electron chi connectivity index (χ1n) is 11.7. The lowest BCUT2D eigenvalue weighted by molar-refractivity contribution is -0.138. The van der Waals surface area contributed by atoms with Gasteiger partial charge in [0, 0.05) is 69.4 Å². The van der Waals surface area contributed by atoms with Crippen LogP contribution in [-0.4, -0.2) is 69.3 Å². The van der Waals surface area contributed by atoms with Crippen molar-refractivity contribution in [3.8, 4) is 0 Å². The molecule has 1 aromatic carbocycles. The van der Waals surface area contributed by atoms with Crippen LogP contribution in [0, 0.1) is 5.92 Å². The number of anilines is 1. The third kappa shape index (κ3) is 4.07. The maximum absolute atomic E-state index is 13.2. The first kappa shape index (κ1) is 21.3. The number of thiazole rings is 1. The van der Waals surface area contributed by atoms with Crippen molar-refractivity contribution < 1.29 is 9.21 Å². The summed E-state index contributed by atoms with van der Waals surface area (Å²) < 4.78 is 7.46. The molecule has 2 fully saturated rings. The van der Waals surface area contributed by atoms with Gasteiger partial charge in [0.2, 0.25) is 5.91 Å². The average Bonchev–Trinajstić information content (AvgIpc) is 3.52. The number of piperazine rings is 1. The molecule has 1 amide bonds. The molecule has 0 aliphatic carbocycles. The van der Waals surface area contributed by atoms with Gasteiger partial charge in [-0.05, 0) is 25.0 Å². The van der Waals surface area contributed by atoms with E-state index < -0.39 is 0 Å². The molecule has 0 N–H and O–H groups in total. The summed E-state index contributed by atoms with van der Waals surface area (Å²) in [4.78, 5) is 41.7. The van der Waals surface area contributed by atoms with Crippen LogP contribution in [0.1, 0.15) is 18.5 Å². The zero-order valence-electron chi connectivity index (χ0n) is 18.8. The Morgan fingerprint density at radius 2 is 1.85 bits per heavy atom. The van der Waals surface area contributed by atoms with Gasteiger partial charge in [-0.2, -0.15) is 4.98 Å². The summed E-state index contributed by atoms with van der Waals surface area (Å²) in [6, 6.07) is 10.0. The number of hydrogen-bond donors (Lipinski definition) is 0. The van der Waals surface area contributed by atoms with Crippen molar-refractivity contribution in [3.63, 3.8) is 0 Å². The quantitative estimate of drug-likeness (QED) is 0.445. The molecule has 176 valence electrons. The van der Waals surface area contributed by atoms with Crippen molar-refractivity contribution in [2.45, 2.75) is 19.4 Å². The fraction of sp³-hybridized carbons (Fsp3) is 0.417. The van der Waals surface area contributed by atoms with Crippen LogP contribution in [0.4, 0.5) is 6.01 Å². The molecule has 2 aliphatic rings. The van der Waals surface area contributed by atoms with Gasteiger partial charge in [-0.15, -0.1) is 11.3 Å². The van der Waals surface area contributed by atoms with Gasteiger partial charge < -0.3 is 14.2 Å². The van der Waals surface area contributed by atoms with Crippen molar-refractivity contribution in [1.29, 1.82) is 0 Å². The Hall–Kier alpha value is -3.24. The number of oxazole rings is 1. The van der Waals surface area contributed by atoms with Crippen molar-refractivity contribution in [2.75, 3.05) is 44.2 Å². The summed E-state index contributed by atoms with van der Waals surface area (Å²) in [5.41, 5.74) is 2.41. The lowest BCUT2D eigenvalue weighted by Crippen LogP contribution is -2.51. The summed E-state index contributed by atoms with van der Waals surface area (Å²) in [6.45, 7) is 5.19. The molecule has 2 aliphatic heterocycles. The molecule has 9 nitrogen and oxygen atoms in total. The van der Waals surface area contributed by atoms with Crippen LogP contribution in [0.5, 0.6) is 0 Å². The predicted octanol–water partition coefficient (Wildman–Crippen LogP) is 2.46. The van der Waals surface area contributed by atoms with Crippen LogP contribution in [0.2, 0.25) is 0 Å². The molecule has 10 heteroatoms. The molecule has 4 aromatic rings. The summed E-state index contributed by atoms with van der Waals surface area (Å²) in [7, 11) is 0. The summed E-state index contributed by atoms with van der Waals surface area (Å²) >= 11 is 1.46. The second-order valence-electron chi connectivity index (χ2n) is 8.97. The summed E-state index contributed by atoms with van der Waals surface area (Å²) in [5.74, 6) is 0.309. The minimum atomic E-state index is -0.0424. The highest BCUT2D eigenvalue weighted by Crippen LogP contribution is 2.27. The number of fused-ring (bicyclic) bond motifs is 2. The lowest BCUT2D eigenvalue weighted by Gasteiger charge is -2.38. The van der Waals surface area contributed by atoms with Crippen molar-refractivity contribution in [2.24, 2.45) is 5.92 Å². The lowest BCUT2D eigenvalue weighted by atomic mass is 9.95. The predicted molar refractivity (Wildman–Crippen MR) is 130 cm³/mol. The van der Waals surface area contributed by atoms with Gasteiger partial charge in [-0.25, -0.2) is 4.98 Å². The van der Waals surface area contributed by atoms with Crippen LogP contribution < -0.4 is 10.5 Å². The number of carbonyl (C=O) groups excluding carboxylic acids is 1. The molecule has 34 heavy (non-hydrogen) atoms. The van der Waals surface area contributed by atoms with Crippen LogP contribution in [0.3, 0.4) is 0 Å². The Morgan fingerprint density at radius 1 is 1.06 bits per heavy atom. The van der Waals surface area contributed by atoms with E-state index in [4.69, 9.17) is 4.42 Å². The molecule has 0 radical (unpaired) electrons. The molecule has 6 rings (SSSR count). The highest BCUT2D eigenvalue weighted by atomic mass is 32.1. The Bertz CT molecular complexity index is 1350. The molecular formula is C24H26N6O3S. The number of rotatable bonds is 4. The number of benzene rings is 1. The van der Waals surface area contributed by atoms with E-state index in [0.29, 0.717) is 25.6 Å². The maximum Gasteiger partial charge on any atom is 0.298 e. The van der Waals surface area contributed by atoms with E-state index >= 15 is 0 Å². The fourth-order valence-corrected chi connectivity index (χ4v) is 5.63. The SMILES string of the molecule is O=C(C1CCN(c2nc3ccccc3o2)CC1)N1CCN(Cc2cc(=O)n3ccsc3n2)CC1. The topological polar surface area (TPSA) is 87.2 Å². The standard InChI is InChI=1S/C24H26N6O3S/c31-21-15-18(25-24-30(21)13-14-34-24)16-27-9-11-28(12-10-27)22(32)17-5-7-29(8-6-17)23-26-19-3-1-2-4-20(19)33-23/h1-4,13-15,17H,5-12,16H2. The van der Waals surface area contributed by atoms with E-state index in [1.54, 1.807) is 16.7 Å². The van der Waals surface area contributed by atoms with Crippen LogP contribution in [0.15, 0.2) is 51.1 Å². The first-order valence-corrected chi connectivity index (χ1v) is 12.6. The van der Waals surface area contributed by atoms with Crippen molar-refractivity contribution in [1.82, 2.24) is 24.2 Å². The van der Waals surface area contributed by atoms with Gasteiger partial charge >= 0.3 is 0 Å². The number of piperidine rings is 1. The average molecular weight is 479 g/mol. The monoisotopic (exact) mass is 478 g/mol.